The number of carbonyl (C=O) groups is 3. The Balaban J connectivity index is 1.49. The highest BCUT2D eigenvalue weighted by Crippen LogP contribution is 2.37. The molecule has 0 unspecified atom stereocenters. The van der Waals surface area contributed by atoms with Crippen molar-refractivity contribution in [2.75, 3.05) is 18.7 Å². The van der Waals surface area contributed by atoms with E-state index >= 15 is 0 Å². The van der Waals surface area contributed by atoms with Crippen molar-refractivity contribution < 1.29 is 23.9 Å². The first kappa shape index (κ1) is 20.0. The van der Waals surface area contributed by atoms with E-state index in [1.165, 1.54) is 6.08 Å². The predicted octanol–water partition coefficient (Wildman–Crippen LogP) is 3.27. The lowest BCUT2D eigenvalue weighted by molar-refractivity contribution is -0.127. The van der Waals surface area contributed by atoms with Crippen LogP contribution >= 0.6 is 15.9 Å². The molecule has 30 heavy (non-hydrogen) atoms. The minimum atomic E-state index is -0.651. The number of hydrogen-bond acceptors (Lipinski definition) is 5. The Morgan fingerprint density at radius 3 is 2.73 bits per heavy atom. The summed E-state index contributed by atoms with van der Waals surface area (Å²) in [5, 5.41) is 5.28. The first-order valence-corrected chi connectivity index (χ1v) is 10.1. The largest absolute Gasteiger partial charge is 0.454 e. The molecule has 2 aromatic carbocycles. The molecule has 154 valence electrons. The van der Waals surface area contributed by atoms with Crippen LogP contribution in [-0.4, -0.2) is 36.1 Å². The number of rotatable bonds is 5. The number of urea groups is 1. The van der Waals surface area contributed by atoms with Gasteiger partial charge >= 0.3 is 6.03 Å². The van der Waals surface area contributed by atoms with Crippen molar-refractivity contribution >= 4 is 45.5 Å². The van der Waals surface area contributed by atoms with Gasteiger partial charge in [-0.2, -0.15) is 0 Å². The molecule has 2 N–H and O–H groups in total. The maximum absolute atomic E-state index is 12.7. The van der Waals surface area contributed by atoms with E-state index in [0.29, 0.717) is 27.2 Å². The van der Waals surface area contributed by atoms with Crippen LogP contribution in [0.5, 0.6) is 11.5 Å². The molecule has 0 bridgehead atoms. The van der Waals surface area contributed by atoms with Gasteiger partial charge in [0.1, 0.15) is 12.2 Å². The molecule has 0 aliphatic carbocycles. The molecule has 2 heterocycles. The van der Waals surface area contributed by atoms with Gasteiger partial charge < -0.3 is 20.1 Å². The normalized spacial score (nSPS) is 16.2. The van der Waals surface area contributed by atoms with Crippen LogP contribution in [0.15, 0.2) is 46.6 Å². The van der Waals surface area contributed by atoms with E-state index in [9.17, 15) is 14.4 Å². The predicted molar refractivity (Wildman–Crippen MR) is 113 cm³/mol. The second-order valence-electron chi connectivity index (χ2n) is 6.67. The van der Waals surface area contributed by atoms with Crippen LogP contribution in [0.3, 0.4) is 0 Å². The molecule has 9 heteroatoms. The number of benzene rings is 2. The maximum Gasteiger partial charge on any atom is 0.329 e. The van der Waals surface area contributed by atoms with Gasteiger partial charge in [-0.15, -0.1) is 0 Å². The number of fused-ring (bicyclic) bond motifs is 1. The zero-order valence-corrected chi connectivity index (χ0v) is 17.6. The minimum Gasteiger partial charge on any atom is -0.454 e. The quantitative estimate of drug-likeness (QED) is 0.515. The highest BCUT2D eigenvalue weighted by molar-refractivity contribution is 9.10. The average Bonchev–Trinajstić information content (AvgIpc) is 3.28. The molecule has 0 radical (unpaired) electrons. The number of nitrogens with zero attached hydrogens (tertiary/aromatic N) is 1. The Morgan fingerprint density at radius 1 is 1.23 bits per heavy atom. The van der Waals surface area contributed by atoms with Gasteiger partial charge in [-0.25, -0.2) is 9.69 Å². The smallest absolute Gasteiger partial charge is 0.329 e. The zero-order valence-electron chi connectivity index (χ0n) is 16.0. The third kappa shape index (κ3) is 3.88. The summed E-state index contributed by atoms with van der Waals surface area (Å²) in [6.45, 7) is 1.72. The van der Waals surface area contributed by atoms with E-state index in [-0.39, 0.29) is 19.0 Å². The van der Waals surface area contributed by atoms with E-state index in [4.69, 9.17) is 9.47 Å². The van der Waals surface area contributed by atoms with Crippen LogP contribution < -0.4 is 20.1 Å². The molecule has 1 fully saturated rings. The van der Waals surface area contributed by atoms with Crippen LogP contribution in [-0.2, 0) is 16.0 Å². The van der Waals surface area contributed by atoms with Gasteiger partial charge in [-0.1, -0.05) is 41.1 Å². The van der Waals surface area contributed by atoms with Crippen LogP contribution in [0.2, 0.25) is 0 Å². The fourth-order valence-corrected chi connectivity index (χ4v) is 3.63. The number of nitrogens with one attached hydrogen (secondary N) is 2. The minimum absolute atomic E-state index is 0.0707. The summed E-state index contributed by atoms with van der Waals surface area (Å²) in [6.07, 6.45) is 2.27. The molecular formula is C21H18BrN3O5. The van der Waals surface area contributed by atoms with E-state index in [1.54, 1.807) is 18.2 Å². The Morgan fingerprint density at radius 2 is 1.97 bits per heavy atom. The molecular weight excluding hydrogens is 454 g/mol. The molecule has 4 amide bonds. The summed E-state index contributed by atoms with van der Waals surface area (Å²) in [7, 11) is 0. The summed E-state index contributed by atoms with van der Waals surface area (Å²) in [6, 6.07) is 10.2. The molecule has 1 saturated heterocycles. The number of amides is 4. The number of anilines is 1. The molecule has 8 nitrogen and oxygen atoms in total. The number of ether oxygens (including phenoxy) is 2. The number of carbonyl (C=O) groups excluding carboxylic acids is 3. The highest BCUT2D eigenvalue weighted by Gasteiger charge is 2.35. The molecule has 2 aromatic rings. The van der Waals surface area contributed by atoms with Crippen LogP contribution in [0.4, 0.5) is 10.5 Å². The van der Waals surface area contributed by atoms with Gasteiger partial charge in [0.05, 0.1) is 0 Å². The molecule has 0 saturated carbocycles. The molecule has 0 aromatic heterocycles. The van der Waals surface area contributed by atoms with Gasteiger partial charge in [-0.05, 0) is 41.8 Å². The van der Waals surface area contributed by atoms with Gasteiger partial charge in [0.15, 0.2) is 11.5 Å². The maximum atomic E-state index is 12.7. The number of aryl methyl sites for hydroxylation is 1. The molecule has 2 aliphatic rings. The Kier molecular flexibility index (Phi) is 5.45. The van der Waals surface area contributed by atoms with Crippen LogP contribution in [0.25, 0.3) is 6.08 Å². The lowest BCUT2D eigenvalue weighted by atomic mass is 10.1. The lowest BCUT2D eigenvalue weighted by Crippen LogP contribution is -2.38. The number of halogens is 1. The van der Waals surface area contributed by atoms with Crippen molar-refractivity contribution in [2.24, 2.45) is 0 Å². The van der Waals surface area contributed by atoms with Crippen LogP contribution in [0.1, 0.15) is 18.1 Å². The van der Waals surface area contributed by atoms with Crippen molar-refractivity contribution in [1.82, 2.24) is 10.2 Å². The van der Waals surface area contributed by atoms with Gasteiger partial charge in [0.25, 0.3) is 5.91 Å². The summed E-state index contributed by atoms with van der Waals surface area (Å²) < 4.78 is 11.3. The van der Waals surface area contributed by atoms with Gasteiger partial charge in [0, 0.05) is 10.2 Å². The van der Waals surface area contributed by atoms with Gasteiger partial charge in [0.2, 0.25) is 12.7 Å². The number of para-hydroxylation sites is 1. The molecule has 0 atom stereocenters. The third-order valence-electron chi connectivity index (χ3n) is 4.73. The monoisotopic (exact) mass is 471 g/mol. The zero-order chi connectivity index (χ0) is 21.3. The van der Waals surface area contributed by atoms with Crippen molar-refractivity contribution in [2.45, 2.75) is 13.3 Å². The number of imide groups is 1. The first-order valence-electron chi connectivity index (χ1n) is 9.27. The Hall–Kier alpha value is -3.33. The van der Waals surface area contributed by atoms with Crippen molar-refractivity contribution in [1.29, 1.82) is 0 Å². The molecule has 0 spiro atoms. The number of hydrogen-bond donors (Lipinski definition) is 2. The first-order chi connectivity index (χ1) is 14.5. The fourth-order valence-electron chi connectivity index (χ4n) is 3.20. The lowest BCUT2D eigenvalue weighted by Gasteiger charge is -2.13. The summed E-state index contributed by atoms with van der Waals surface area (Å²) in [5.41, 5.74) is 2.33. The van der Waals surface area contributed by atoms with Crippen molar-refractivity contribution in [3.8, 4) is 11.5 Å². The Bertz CT molecular complexity index is 1080. The van der Waals surface area contributed by atoms with Crippen molar-refractivity contribution in [3.63, 3.8) is 0 Å². The summed E-state index contributed by atoms with van der Waals surface area (Å²) >= 11 is 3.42. The Labute approximate surface area is 181 Å². The summed E-state index contributed by atoms with van der Waals surface area (Å²) in [4.78, 5) is 38.3. The second-order valence-corrected chi connectivity index (χ2v) is 7.52. The molecule has 4 rings (SSSR count). The fraction of sp³-hybridized carbons (Fsp3) is 0.190. The molecule has 2 aliphatic heterocycles. The van der Waals surface area contributed by atoms with E-state index in [0.717, 1.165) is 16.9 Å². The second kappa shape index (κ2) is 8.19. The SMILES string of the molecule is CCc1ccccc1NC(=O)CN1C(=O)N/C(=C\c2cc3c(cc2Br)OCO3)C1=O. The average molecular weight is 472 g/mol. The van der Waals surface area contributed by atoms with Gasteiger partial charge in [-0.3, -0.25) is 9.59 Å². The highest BCUT2D eigenvalue weighted by atomic mass is 79.9. The van der Waals surface area contributed by atoms with E-state index in [1.807, 2.05) is 25.1 Å². The van der Waals surface area contributed by atoms with E-state index < -0.39 is 17.8 Å². The van der Waals surface area contributed by atoms with E-state index in [2.05, 4.69) is 26.6 Å². The third-order valence-corrected chi connectivity index (χ3v) is 5.41. The standard InChI is InChI=1S/C21H18BrN3O5/c1-2-12-5-3-4-6-15(12)23-19(26)10-25-20(27)16(24-21(25)28)7-13-8-17-18(9-14(13)22)30-11-29-17/h3-9H,2,10-11H2,1H3,(H,23,26)(H,24,28)/b16-7-. The summed E-state index contributed by atoms with van der Waals surface area (Å²) in [5.74, 6) is 0.109. The van der Waals surface area contributed by atoms with Crippen molar-refractivity contribution in [3.05, 3.63) is 57.7 Å². The van der Waals surface area contributed by atoms with Crippen LogP contribution in [0, 0.1) is 0 Å². The topological polar surface area (TPSA) is 97.0 Å².